The van der Waals surface area contributed by atoms with Crippen LogP contribution < -0.4 is 19.5 Å². The maximum Gasteiger partial charge on any atom is 0.343 e. The van der Waals surface area contributed by atoms with Crippen LogP contribution >= 0.6 is 0 Å². The van der Waals surface area contributed by atoms with E-state index in [1.165, 1.54) is 12.7 Å². The summed E-state index contributed by atoms with van der Waals surface area (Å²) in [5, 5.41) is 3.44. The molecule has 0 heterocycles. The highest BCUT2D eigenvalue weighted by atomic mass is 16.6. The molecule has 0 saturated carbocycles. The van der Waals surface area contributed by atoms with Crippen LogP contribution in [0.25, 0.3) is 0 Å². The van der Waals surface area contributed by atoms with Crippen molar-refractivity contribution in [2.75, 3.05) is 33.4 Å². The highest BCUT2D eigenvalue weighted by Gasteiger charge is 2.02. The minimum atomic E-state index is -0.392. The normalized spacial score (nSPS) is 10.5. The fourth-order valence-electron chi connectivity index (χ4n) is 3.09. The second-order valence-corrected chi connectivity index (χ2v) is 7.46. The summed E-state index contributed by atoms with van der Waals surface area (Å²) in [5.74, 6) is 1.88. The number of hydrogen-bond acceptors (Lipinski definition) is 6. The van der Waals surface area contributed by atoms with Crippen molar-refractivity contribution in [2.45, 2.75) is 19.4 Å². The van der Waals surface area contributed by atoms with Crippen LogP contribution in [0.4, 0.5) is 0 Å². The number of hydrogen-bond donors (Lipinski definition) is 1. The average molecular weight is 450 g/mol. The Hall–Kier alpha value is -3.51. The Balaban J connectivity index is 1.26. The fourth-order valence-corrected chi connectivity index (χ4v) is 3.09. The van der Waals surface area contributed by atoms with Crippen molar-refractivity contribution in [2.24, 2.45) is 0 Å². The molecule has 0 saturated heterocycles. The third-order valence-electron chi connectivity index (χ3n) is 4.92. The molecular weight excluding hydrogens is 418 g/mol. The van der Waals surface area contributed by atoms with Crippen LogP contribution in [0.5, 0.6) is 17.2 Å². The van der Waals surface area contributed by atoms with Crippen LogP contribution in [0.2, 0.25) is 0 Å². The Morgan fingerprint density at radius 2 is 1.52 bits per heavy atom. The van der Waals surface area contributed by atoms with Gasteiger partial charge in [-0.3, -0.25) is 0 Å². The molecule has 0 unspecified atom stereocenters. The first-order valence-electron chi connectivity index (χ1n) is 11.1. The monoisotopic (exact) mass is 449 g/mol. The Bertz CT molecular complexity index is 960. The van der Waals surface area contributed by atoms with E-state index < -0.39 is 5.97 Å². The topological polar surface area (TPSA) is 66.0 Å². The maximum absolute atomic E-state index is 11.1. The maximum atomic E-state index is 11.1. The molecule has 6 heteroatoms. The van der Waals surface area contributed by atoms with Crippen molar-refractivity contribution < 1.29 is 23.7 Å². The molecule has 0 amide bonds. The van der Waals surface area contributed by atoms with Crippen molar-refractivity contribution in [1.82, 2.24) is 5.32 Å². The van der Waals surface area contributed by atoms with Gasteiger partial charge >= 0.3 is 5.97 Å². The highest BCUT2D eigenvalue weighted by Crippen LogP contribution is 2.20. The van der Waals surface area contributed by atoms with Crippen LogP contribution in [0.15, 0.2) is 78.9 Å². The molecule has 33 heavy (non-hydrogen) atoms. The van der Waals surface area contributed by atoms with Gasteiger partial charge in [0.05, 0.1) is 13.7 Å². The van der Waals surface area contributed by atoms with Gasteiger partial charge in [-0.2, -0.15) is 0 Å². The van der Waals surface area contributed by atoms with Gasteiger partial charge in [0, 0.05) is 6.07 Å². The van der Waals surface area contributed by atoms with Crippen LogP contribution in [0.3, 0.4) is 0 Å². The molecule has 0 aliphatic rings. The number of carbonyl (C=O) groups excluding carboxylic acids is 1. The molecule has 0 spiro atoms. The Kier molecular flexibility index (Phi) is 10.1. The van der Waals surface area contributed by atoms with Crippen LogP contribution in [0, 0.1) is 0 Å². The lowest BCUT2D eigenvalue weighted by Gasteiger charge is -2.10. The predicted octanol–water partition coefficient (Wildman–Crippen LogP) is 4.42. The molecule has 0 aromatic heterocycles. The van der Waals surface area contributed by atoms with Crippen LogP contribution in [-0.2, 0) is 22.6 Å². The Morgan fingerprint density at radius 1 is 0.758 bits per heavy atom. The van der Waals surface area contributed by atoms with Gasteiger partial charge in [-0.15, -0.1) is 0 Å². The zero-order valence-corrected chi connectivity index (χ0v) is 19.0. The first-order chi connectivity index (χ1) is 16.2. The van der Waals surface area contributed by atoms with E-state index in [1.807, 2.05) is 78.9 Å². The zero-order valence-electron chi connectivity index (χ0n) is 19.0. The molecule has 1 N–H and O–H groups in total. The zero-order chi connectivity index (χ0) is 23.1. The summed E-state index contributed by atoms with van der Waals surface area (Å²) in [6, 6.07) is 25.6. The lowest BCUT2D eigenvalue weighted by Crippen LogP contribution is -2.20. The van der Waals surface area contributed by atoms with E-state index in [0.717, 1.165) is 43.0 Å². The first kappa shape index (κ1) is 24.1. The summed E-state index contributed by atoms with van der Waals surface area (Å²) in [5.41, 5.74) is 2.34. The molecule has 0 atom stereocenters. The summed E-state index contributed by atoms with van der Waals surface area (Å²) in [6.07, 6.45) is 1.83. The number of esters is 1. The summed E-state index contributed by atoms with van der Waals surface area (Å²) >= 11 is 0. The smallest absolute Gasteiger partial charge is 0.343 e. The van der Waals surface area contributed by atoms with E-state index in [9.17, 15) is 4.79 Å². The lowest BCUT2D eigenvalue weighted by molar-refractivity contribution is -0.142. The standard InChI is InChI=1S/C27H31NO5/c1-30-27(29)21-33-24-13-11-22(12-14-24)15-17-28-16-6-18-31-25-9-5-10-26(19-25)32-20-23-7-3-2-4-8-23/h2-5,7-14,19,28H,6,15-18,20-21H2,1H3. The fraction of sp³-hybridized carbons (Fsp3) is 0.296. The minimum Gasteiger partial charge on any atom is -0.493 e. The van der Waals surface area contributed by atoms with Gasteiger partial charge < -0.3 is 24.3 Å². The molecule has 3 aromatic rings. The van der Waals surface area contributed by atoms with Crippen molar-refractivity contribution in [3.8, 4) is 17.2 Å². The van der Waals surface area contributed by atoms with Crippen molar-refractivity contribution in [1.29, 1.82) is 0 Å². The molecule has 0 bridgehead atoms. The van der Waals surface area contributed by atoms with E-state index in [-0.39, 0.29) is 6.61 Å². The average Bonchev–Trinajstić information content (AvgIpc) is 2.87. The van der Waals surface area contributed by atoms with E-state index in [1.54, 1.807) is 0 Å². The highest BCUT2D eigenvalue weighted by molar-refractivity contribution is 5.70. The third kappa shape index (κ3) is 9.25. The van der Waals surface area contributed by atoms with Crippen LogP contribution in [0.1, 0.15) is 17.5 Å². The van der Waals surface area contributed by atoms with Crippen LogP contribution in [-0.4, -0.2) is 39.4 Å². The second-order valence-electron chi connectivity index (χ2n) is 7.46. The predicted molar refractivity (Wildman–Crippen MR) is 128 cm³/mol. The summed E-state index contributed by atoms with van der Waals surface area (Å²) in [6.45, 7) is 2.86. The van der Waals surface area contributed by atoms with E-state index in [0.29, 0.717) is 19.0 Å². The number of methoxy groups -OCH3 is 1. The molecule has 6 nitrogen and oxygen atoms in total. The quantitative estimate of drug-likeness (QED) is 0.290. The Labute approximate surface area is 195 Å². The van der Waals surface area contributed by atoms with Gasteiger partial charge in [-0.25, -0.2) is 4.79 Å². The van der Waals surface area contributed by atoms with E-state index in [4.69, 9.17) is 14.2 Å². The number of benzene rings is 3. The lowest BCUT2D eigenvalue weighted by atomic mass is 10.1. The van der Waals surface area contributed by atoms with Gasteiger partial charge in [0.2, 0.25) is 0 Å². The third-order valence-corrected chi connectivity index (χ3v) is 4.92. The van der Waals surface area contributed by atoms with Gasteiger partial charge in [0.15, 0.2) is 6.61 Å². The van der Waals surface area contributed by atoms with E-state index >= 15 is 0 Å². The van der Waals surface area contributed by atoms with Crippen molar-refractivity contribution >= 4 is 5.97 Å². The molecule has 174 valence electrons. The summed E-state index contributed by atoms with van der Waals surface area (Å²) < 4.78 is 21.6. The SMILES string of the molecule is COC(=O)COc1ccc(CCNCCCOc2cccc(OCc3ccccc3)c2)cc1. The van der Waals surface area contributed by atoms with Gasteiger partial charge in [-0.1, -0.05) is 48.5 Å². The molecule has 0 aliphatic carbocycles. The molecule has 3 rings (SSSR count). The largest absolute Gasteiger partial charge is 0.493 e. The van der Waals surface area contributed by atoms with Gasteiger partial charge in [-0.05, 0) is 61.3 Å². The summed E-state index contributed by atoms with van der Waals surface area (Å²) in [4.78, 5) is 11.1. The molecule has 0 radical (unpaired) electrons. The second kappa shape index (κ2) is 13.8. The van der Waals surface area contributed by atoms with Gasteiger partial charge in [0.25, 0.3) is 0 Å². The summed E-state index contributed by atoms with van der Waals surface area (Å²) in [7, 11) is 1.34. The number of carbonyl (C=O) groups is 1. The van der Waals surface area contributed by atoms with Crippen molar-refractivity contribution in [3.05, 3.63) is 90.0 Å². The molecule has 0 aliphatic heterocycles. The number of nitrogens with one attached hydrogen (secondary N) is 1. The number of rotatable bonds is 14. The van der Waals surface area contributed by atoms with Gasteiger partial charge in [0.1, 0.15) is 23.9 Å². The van der Waals surface area contributed by atoms with E-state index in [2.05, 4.69) is 10.1 Å². The molecular formula is C27H31NO5. The minimum absolute atomic E-state index is 0.0789. The first-order valence-corrected chi connectivity index (χ1v) is 11.1. The Morgan fingerprint density at radius 3 is 2.27 bits per heavy atom. The number of ether oxygens (including phenoxy) is 4. The molecule has 3 aromatic carbocycles. The molecule has 0 fully saturated rings. The van der Waals surface area contributed by atoms with Crippen molar-refractivity contribution in [3.63, 3.8) is 0 Å².